The SMILES string of the molecule is CCCC(C)CC(C)(C)CCNC1CC1. The molecule has 0 bridgehead atoms. The van der Waals surface area contributed by atoms with Crippen LogP contribution in [-0.4, -0.2) is 12.6 Å². The molecule has 1 fully saturated rings. The normalized spacial score (nSPS) is 19.2. The molecule has 0 radical (unpaired) electrons. The van der Waals surface area contributed by atoms with Crippen molar-refractivity contribution < 1.29 is 0 Å². The van der Waals surface area contributed by atoms with E-state index in [1.165, 1.54) is 45.1 Å². The van der Waals surface area contributed by atoms with E-state index in [0.29, 0.717) is 5.41 Å². The molecule has 1 saturated carbocycles. The Kier molecular flexibility index (Phi) is 5.11. The van der Waals surface area contributed by atoms with E-state index in [1.54, 1.807) is 0 Å². The quantitative estimate of drug-likeness (QED) is 0.640. The molecule has 0 saturated heterocycles. The van der Waals surface area contributed by atoms with Gasteiger partial charge in [0.05, 0.1) is 0 Å². The molecule has 1 aliphatic rings. The van der Waals surface area contributed by atoms with Crippen molar-refractivity contribution in [2.75, 3.05) is 6.54 Å². The van der Waals surface area contributed by atoms with Gasteiger partial charge in [0, 0.05) is 6.04 Å². The first-order valence-corrected chi connectivity index (χ1v) is 6.77. The van der Waals surface area contributed by atoms with Gasteiger partial charge in [-0.1, -0.05) is 40.5 Å². The van der Waals surface area contributed by atoms with Crippen LogP contribution in [0.3, 0.4) is 0 Å². The van der Waals surface area contributed by atoms with E-state index >= 15 is 0 Å². The van der Waals surface area contributed by atoms with E-state index in [1.807, 2.05) is 0 Å². The maximum absolute atomic E-state index is 3.62. The summed E-state index contributed by atoms with van der Waals surface area (Å²) in [5.41, 5.74) is 0.524. The molecular formula is C14H29N. The lowest BCUT2D eigenvalue weighted by atomic mass is 9.79. The predicted octanol–water partition coefficient (Wildman–Crippen LogP) is 3.98. The molecule has 90 valence electrons. The molecule has 0 spiro atoms. The Morgan fingerprint density at radius 3 is 2.53 bits per heavy atom. The molecule has 0 aromatic rings. The lowest BCUT2D eigenvalue weighted by molar-refractivity contribution is 0.246. The van der Waals surface area contributed by atoms with Crippen molar-refractivity contribution in [3.05, 3.63) is 0 Å². The van der Waals surface area contributed by atoms with Crippen molar-refractivity contribution in [1.82, 2.24) is 5.32 Å². The molecule has 1 nitrogen and oxygen atoms in total. The van der Waals surface area contributed by atoms with Crippen LogP contribution in [0.15, 0.2) is 0 Å². The van der Waals surface area contributed by atoms with Gasteiger partial charge in [-0.15, -0.1) is 0 Å². The second-order valence-corrected chi connectivity index (χ2v) is 6.24. The molecule has 0 amide bonds. The summed E-state index contributed by atoms with van der Waals surface area (Å²) in [5, 5.41) is 3.62. The number of hydrogen-bond acceptors (Lipinski definition) is 1. The molecule has 15 heavy (non-hydrogen) atoms. The number of nitrogens with one attached hydrogen (secondary N) is 1. The fourth-order valence-corrected chi connectivity index (χ4v) is 2.54. The summed E-state index contributed by atoms with van der Waals surface area (Å²) < 4.78 is 0. The Bertz CT molecular complexity index is 170. The molecule has 1 N–H and O–H groups in total. The van der Waals surface area contributed by atoms with Crippen molar-refractivity contribution in [3.8, 4) is 0 Å². The highest BCUT2D eigenvalue weighted by molar-refractivity contribution is 4.82. The van der Waals surface area contributed by atoms with E-state index in [4.69, 9.17) is 0 Å². The molecule has 1 unspecified atom stereocenters. The molecule has 1 atom stereocenters. The van der Waals surface area contributed by atoms with Crippen molar-refractivity contribution >= 4 is 0 Å². The minimum absolute atomic E-state index is 0.524. The highest BCUT2D eigenvalue weighted by atomic mass is 14.9. The smallest absolute Gasteiger partial charge is 0.00682 e. The van der Waals surface area contributed by atoms with Gasteiger partial charge in [0.15, 0.2) is 0 Å². The van der Waals surface area contributed by atoms with Gasteiger partial charge in [-0.25, -0.2) is 0 Å². The van der Waals surface area contributed by atoms with Gasteiger partial charge in [-0.2, -0.15) is 0 Å². The summed E-state index contributed by atoms with van der Waals surface area (Å²) in [6, 6.07) is 0.869. The second-order valence-electron chi connectivity index (χ2n) is 6.24. The number of hydrogen-bond donors (Lipinski definition) is 1. The summed E-state index contributed by atoms with van der Waals surface area (Å²) >= 11 is 0. The van der Waals surface area contributed by atoms with Crippen LogP contribution in [0.1, 0.15) is 66.2 Å². The van der Waals surface area contributed by atoms with Gasteiger partial charge in [-0.05, 0) is 43.6 Å². The maximum atomic E-state index is 3.62. The van der Waals surface area contributed by atoms with Gasteiger partial charge in [0.1, 0.15) is 0 Å². The Morgan fingerprint density at radius 1 is 1.33 bits per heavy atom. The highest BCUT2D eigenvalue weighted by Crippen LogP contribution is 2.31. The minimum atomic E-state index is 0.524. The third-order valence-corrected chi connectivity index (χ3v) is 3.49. The topological polar surface area (TPSA) is 12.0 Å². The zero-order valence-corrected chi connectivity index (χ0v) is 11.1. The van der Waals surface area contributed by atoms with E-state index in [2.05, 4.69) is 33.0 Å². The molecule has 1 rings (SSSR count). The van der Waals surface area contributed by atoms with E-state index in [9.17, 15) is 0 Å². The fourth-order valence-electron chi connectivity index (χ4n) is 2.54. The zero-order valence-electron chi connectivity index (χ0n) is 11.1. The van der Waals surface area contributed by atoms with Gasteiger partial charge < -0.3 is 5.32 Å². The largest absolute Gasteiger partial charge is 0.314 e. The molecule has 0 aromatic carbocycles. The molecule has 0 aromatic heterocycles. The average molecular weight is 211 g/mol. The summed E-state index contributed by atoms with van der Waals surface area (Å²) in [6.07, 6.45) is 8.25. The monoisotopic (exact) mass is 211 g/mol. The molecular weight excluding hydrogens is 182 g/mol. The molecule has 0 heterocycles. The highest BCUT2D eigenvalue weighted by Gasteiger charge is 2.23. The second kappa shape index (κ2) is 5.89. The van der Waals surface area contributed by atoms with Crippen LogP contribution in [0.2, 0.25) is 0 Å². The molecule has 1 aliphatic carbocycles. The van der Waals surface area contributed by atoms with Crippen LogP contribution in [-0.2, 0) is 0 Å². The third kappa shape index (κ3) is 6.19. The van der Waals surface area contributed by atoms with Crippen molar-refractivity contribution in [2.24, 2.45) is 11.3 Å². The van der Waals surface area contributed by atoms with Crippen molar-refractivity contribution in [3.63, 3.8) is 0 Å². The summed E-state index contributed by atoms with van der Waals surface area (Å²) in [6.45, 7) is 10.8. The van der Waals surface area contributed by atoms with Crippen LogP contribution in [0, 0.1) is 11.3 Å². The van der Waals surface area contributed by atoms with Crippen LogP contribution in [0.5, 0.6) is 0 Å². The van der Waals surface area contributed by atoms with Crippen LogP contribution in [0.25, 0.3) is 0 Å². The fraction of sp³-hybridized carbons (Fsp3) is 1.00. The Balaban J connectivity index is 2.11. The first-order chi connectivity index (χ1) is 7.03. The standard InChI is InChI=1S/C14H29N/c1-5-6-12(2)11-14(3,4)9-10-15-13-7-8-13/h12-13,15H,5-11H2,1-4H3. The minimum Gasteiger partial charge on any atom is -0.314 e. The molecule has 0 aliphatic heterocycles. The maximum Gasteiger partial charge on any atom is 0.00682 e. The first-order valence-electron chi connectivity index (χ1n) is 6.77. The van der Waals surface area contributed by atoms with Gasteiger partial charge in [-0.3, -0.25) is 0 Å². The summed E-state index contributed by atoms with van der Waals surface area (Å²) in [5.74, 6) is 0.894. The first kappa shape index (κ1) is 13.0. The van der Waals surface area contributed by atoms with E-state index in [0.717, 1.165) is 12.0 Å². The van der Waals surface area contributed by atoms with Crippen molar-refractivity contribution in [2.45, 2.75) is 72.3 Å². The average Bonchev–Trinajstić information content (AvgIpc) is 2.86. The summed E-state index contributed by atoms with van der Waals surface area (Å²) in [7, 11) is 0. The van der Waals surface area contributed by atoms with Gasteiger partial charge in [0.2, 0.25) is 0 Å². The Hall–Kier alpha value is -0.0400. The lowest BCUT2D eigenvalue weighted by Gasteiger charge is -2.28. The van der Waals surface area contributed by atoms with Crippen molar-refractivity contribution in [1.29, 1.82) is 0 Å². The van der Waals surface area contributed by atoms with Gasteiger partial charge >= 0.3 is 0 Å². The Labute approximate surface area is 96.0 Å². The Morgan fingerprint density at radius 2 is 2.00 bits per heavy atom. The van der Waals surface area contributed by atoms with Crippen LogP contribution < -0.4 is 5.32 Å². The van der Waals surface area contributed by atoms with Crippen LogP contribution >= 0.6 is 0 Å². The zero-order chi connectivity index (χ0) is 11.3. The van der Waals surface area contributed by atoms with Crippen LogP contribution in [0.4, 0.5) is 0 Å². The van der Waals surface area contributed by atoms with E-state index in [-0.39, 0.29) is 0 Å². The third-order valence-electron chi connectivity index (χ3n) is 3.49. The van der Waals surface area contributed by atoms with Gasteiger partial charge in [0.25, 0.3) is 0 Å². The predicted molar refractivity (Wildman–Crippen MR) is 68.1 cm³/mol. The molecule has 1 heteroatoms. The number of rotatable bonds is 8. The lowest BCUT2D eigenvalue weighted by Crippen LogP contribution is -2.25. The summed E-state index contributed by atoms with van der Waals surface area (Å²) in [4.78, 5) is 0. The van der Waals surface area contributed by atoms with E-state index < -0.39 is 0 Å².